The van der Waals surface area contributed by atoms with Crippen LogP contribution in [0.25, 0.3) is 0 Å². The van der Waals surface area contributed by atoms with Crippen LogP contribution in [0, 0.1) is 5.82 Å². The fourth-order valence-electron chi connectivity index (χ4n) is 2.45. The van der Waals surface area contributed by atoms with E-state index in [-0.39, 0.29) is 22.7 Å². The molecule has 1 saturated heterocycles. The van der Waals surface area contributed by atoms with Gasteiger partial charge in [0.25, 0.3) is 5.91 Å². The summed E-state index contributed by atoms with van der Waals surface area (Å²) in [5.41, 5.74) is -0.439. The highest BCUT2D eigenvalue weighted by Crippen LogP contribution is 2.18. The molecular formula is C16H21ClFN3O3. The van der Waals surface area contributed by atoms with Gasteiger partial charge >= 0.3 is 6.09 Å². The minimum absolute atomic E-state index is 0.134. The molecule has 0 N–H and O–H groups in total. The SMILES string of the molecule is C[C@@H]1CN(C(=O)c2cnc(Cl)c(F)c2)CCN1C(=O)OC(C)(C)C. The van der Waals surface area contributed by atoms with Crippen LogP contribution < -0.4 is 0 Å². The molecule has 1 aliphatic heterocycles. The van der Waals surface area contributed by atoms with Crippen LogP contribution in [0.3, 0.4) is 0 Å². The first-order valence-corrected chi connectivity index (χ1v) is 8.06. The van der Waals surface area contributed by atoms with Crippen LogP contribution in [-0.4, -0.2) is 58.1 Å². The fraction of sp³-hybridized carbons (Fsp3) is 0.562. The molecule has 1 aromatic rings. The van der Waals surface area contributed by atoms with Gasteiger partial charge in [-0.2, -0.15) is 0 Å². The van der Waals surface area contributed by atoms with Crippen LogP contribution in [-0.2, 0) is 4.74 Å². The van der Waals surface area contributed by atoms with Gasteiger partial charge in [0.1, 0.15) is 5.60 Å². The normalized spacial score (nSPS) is 18.5. The van der Waals surface area contributed by atoms with Crippen LogP contribution in [0.4, 0.5) is 9.18 Å². The van der Waals surface area contributed by atoms with Crippen molar-refractivity contribution >= 4 is 23.6 Å². The number of ether oxygens (including phenoxy) is 1. The van der Waals surface area contributed by atoms with Gasteiger partial charge in [-0.25, -0.2) is 14.2 Å². The molecule has 2 amide bonds. The molecule has 0 aliphatic carbocycles. The van der Waals surface area contributed by atoms with Crippen LogP contribution in [0.15, 0.2) is 12.3 Å². The molecule has 0 spiro atoms. The van der Waals surface area contributed by atoms with E-state index in [0.717, 1.165) is 6.07 Å². The van der Waals surface area contributed by atoms with Crippen molar-refractivity contribution in [3.05, 3.63) is 28.8 Å². The Balaban J connectivity index is 2.03. The van der Waals surface area contributed by atoms with Gasteiger partial charge in [0.2, 0.25) is 0 Å². The highest BCUT2D eigenvalue weighted by molar-refractivity contribution is 6.29. The smallest absolute Gasteiger partial charge is 0.410 e. The van der Waals surface area contributed by atoms with Crippen molar-refractivity contribution in [2.75, 3.05) is 19.6 Å². The lowest BCUT2D eigenvalue weighted by atomic mass is 10.1. The van der Waals surface area contributed by atoms with Gasteiger partial charge in [-0.05, 0) is 33.8 Å². The largest absolute Gasteiger partial charge is 0.444 e. The summed E-state index contributed by atoms with van der Waals surface area (Å²) in [5.74, 6) is -1.07. The minimum Gasteiger partial charge on any atom is -0.444 e. The Hall–Kier alpha value is -1.89. The number of amides is 2. The average Bonchev–Trinajstić information content (AvgIpc) is 2.47. The van der Waals surface area contributed by atoms with Crippen LogP contribution in [0.2, 0.25) is 5.15 Å². The van der Waals surface area contributed by atoms with Gasteiger partial charge in [-0.3, -0.25) is 4.79 Å². The van der Waals surface area contributed by atoms with E-state index < -0.39 is 17.5 Å². The Kier molecular flexibility index (Phi) is 5.32. The first-order chi connectivity index (χ1) is 11.1. The summed E-state index contributed by atoms with van der Waals surface area (Å²) in [6.45, 7) is 8.27. The third-order valence-electron chi connectivity index (χ3n) is 3.59. The first kappa shape index (κ1) is 18.4. The lowest BCUT2D eigenvalue weighted by Crippen LogP contribution is -2.56. The second-order valence-corrected chi connectivity index (χ2v) is 7.13. The van der Waals surface area contributed by atoms with Crippen molar-refractivity contribution < 1.29 is 18.7 Å². The third kappa shape index (κ3) is 4.35. The number of hydrogen-bond acceptors (Lipinski definition) is 4. The molecule has 132 valence electrons. The lowest BCUT2D eigenvalue weighted by Gasteiger charge is -2.40. The lowest BCUT2D eigenvalue weighted by molar-refractivity contribution is 0.00197. The van der Waals surface area contributed by atoms with E-state index in [1.54, 1.807) is 30.6 Å². The molecule has 2 heterocycles. The Bertz CT molecular complexity index is 648. The van der Waals surface area contributed by atoms with E-state index in [2.05, 4.69) is 4.98 Å². The van der Waals surface area contributed by atoms with Crippen LogP contribution in [0.1, 0.15) is 38.1 Å². The zero-order valence-electron chi connectivity index (χ0n) is 14.2. The number of nitrogens with zero attached hydrogens (tertiary/aromatic N) is 3. The van der Waals surface area contributed by atoms with Crippen molar-refractivity contribution in [3.8, 4) is 0 Å². The summed E-state index contributed by atoms with van der Waals surface area (Å²) >= 11 is 5.53. The summed E-state index contributed by atoms with van der Waals surface area (Å²) in [6.07, 6.45) is 0.847. The Morgan fingerprint density at radius 1 is 1.38 bits per heavy atom. The number of pyridine rings is 1. The highest BCUT2D eigenvalue weighted by atomic mass is 35.5. The van der Waals surface area contributed by atoms with Gasteiger partial charge in [0, 0.05) is 31.9 Å². The highest BCUT2D eigenvalue weighted by Gasteiger charge is 2.33. The van der Waals surface area contributed by atoms with E-state index in [1.165, 1.54) is 6.20 Å². The molecule has 0 bridgehead atoms. The molecule has 1 aromatic heterocycles. The molecule has 2 rings (SSSR count). The summed E-state index contributed by atoms with van der Waals surface area (Å²) in [5, 5.41) is -0.269. The number of carbonyl (C=O) groups is 2. The predicted octanol–water partition coefficient (Wildman–Crippen LogP) is 2.96. The Labute approximate surface area is 145 Å². The number of carbonyl (C=O) groups excluding carboxylic acids is 2. The third-order valence-corrected chi connectivity index (χ3v) is 3.86. The summed E-state index contributed by atoms with van der Waals surface area (Å²) < 4.78 is 18.8. The zero-order valence-corrected chi connectivity index (χ0v) is 14.9. The van der Waals surface area contributed by atoms with Gasteiger partial charge in [-0.15, -0.1) is 0 Å². The standard InChI is InChI=1S/C16H21ClFN3O3/c1-10-9-20(5-6-21(10)15(23)24-16(2,3)4)14(22)11-7-12(18)13(17)19-8-11/h7-8,10H,5-6,9H2,1-4H3/t10-/m1/s1. The second-order valence-electron chi connectivity index (χ2n) is 6.77. The number of rotatable bonds is 1. The summed E-state index contributed by atoms with van der Waals surface area (Å²) in [4.78, 5) is 31.4. The fourth-order valence-corrected chi connectivity index (χ4v) is 2.56. The summed E-state index contributed by atoms with van der Waals surface area (Å²) in [7, 11) is 0. The average molecular weight is 358 g/mol. The van der Waals surface area contributed by atoms with E-state index in [9.17, 15) is 14.0 Å². The molecule has 1 atom stereocenters. The molecule has 6 nitrogen and oxygen atoms in total. The number of halogens is 2. The maximum absolute atomic E-state index is 13.5. The first-order valence-electron chi connectivity index (χ1n) is 7.68. The van der Waals surface area contributed by atoms with Gasteiger partial charge in [-0.1, -0.05) is 11.6 Å². The molecule has 0 saturated carbocycles. The second kappa shape index (κ2) is 6.93. The van der Waals surface area contributed by atoms with Crippen molar-refractivity contribution in [1.82, 2.24) is 14.8 Å². The maximum Gasteiger partial charge on any atom is 0.410 e. The van der Waals surface area contributed by atoms with Crippen LogP contribution >= 0.6 is 11.6 Å². The zero-order chi connectivity index (χ0) is 18.1. The molecular weight excluding hydrogens is 337 g/mol. The topological polar surface area (TPSA) is 62.7 Å². The van der Waals surface area contributed by atoms with E-state index in [0.29, 0.717) is 19.6 Å². The van der Waals surface area contributed by atoms with E-state index >= 15 is 0 Å². The quantitative estimate of drug-likeness (QED) is 0.725. The molecule has 24 heavy (non-hydrogen) atoms. The molecule has 0 radical (unpaired) electrons. The molecule has 0 unspecified atom stereocenters. The van der Waals surface area contributed by atoms with Crippen molar-refractivity contribution in [2.45, 2.75) is 39.3 Å². The molecule has 1 fully saturated rings. The number of hydrogen-bond donors (Lipinski definition) is 0. The van der Waals surface area contributed by atoms with Gasteiger partial charge in [0.15, 0.2) is 11.0 Å². The van der Waals surface area contributed by atoms with Gasteiger partial charge < -0.3 is 14.5 Å². The van der Waals surface area contributed by atoms with Crippen molar-refractivity contribution in [1.29, 1.82) is 0 Å². The maximum atomic E-state index is 13.5. The molecule has 1 aliphatic rings. The number of piperazine rings is 1. The van der Waals surface area contributed by atoms with Crippen molar-refractivity contribution in [2.24, 2.45) is 0 Å². The van der Waals surface area contributed by atoms with E-state index in [4.69, 9.17) is 16.3 Å². The number of aromatic nitrogens is 1. The molecule has 8 heteroatoms. The minimum atomic E-state index is -0.733. The van der Waals surface area contributed by atoms with Crippen LogP contribution in [0.5, 0.6) is 0 Å². The molecule has 0 aromatic carbocycles. The Morgan fingerprint density at radius 3 is 2.58 bits per heavy atom. The van der Waals surface area contributed by atoms with Crippen molar-refractivity contribution in [3.63, 3.8) is 0 Å². The van der Waals surface area contributed by atoms with E-state index in [1.807, 2.05) is 6.92 Å². The predicted molar refractivity (Wildman–Crippen MR) is 87.5 cm³/mol. The van der Waals surface area contributed by atoms with Gasteiger partial charge in [0.05, 0.1) is 5.56 Å². The Morgan fingerprint density at radius 2 is 2.04 bits per heavy atom. The summed E-state index contributed by atoms with van der Waals surface area (Å²) in [6, 6.07) is 0.866. The monoisotopic (exact) mass is 357 g/mol.